The number of H-pyrrole nitrogens is 1. The molecule has 1 saturated heterocycles. The monoisotopic (exact) mass is 475 g/mol. The van der Waals surface area contributed by atoms with Gasteiger partial charge < -0.3 is 14.3 Å². The van der Waals surface area contributed by atoms with E-state index in [1.54, 1.807) is 21.7 Å². The summed E-state index contributed by atoms with van der Waals surface area (Å²) in [5.74, 6) is 0.790. The lowest BCUT2D eigenvalue weighted by Crippen LogP contribution is -2.51. The van der Waals surface area contributed by atoms with Crippen LogP contribution in [0.5, 0.6) is 0 Å². The van der Waals surface area contributed by atoms with Crippen LogP contribution in [0, 0.1) is 6.92 Å². The SMILES string of the molecule is Cc1ccc2cc([C@@H](c3nnnn3C(C)(C)C)N3CCN(C(=O)c4ccco4)CC3)c(=O)[nH]c2c1. The minimum atomic E-state index is -0.473. The molecule has 4 heterocycles. The van der Waals surface area contributed by atoms with Gasteiger partial charge in [0, 0.05) is 37.3 Å². The lowest BCUT2D eigenvalue weighted by molar-refractivity contribution is 0.0555. The van der Waals surface area contributed by atoms with Crippen molar-refractivity contribution in [2.75, 3.05) is 26.2 Å². The number of rotatable bonds is 4. The van der Waals surface area contributed by atoms with Gasteiger partial charge in [-0.05, 0) is 73.3 Å². The third-order valence-corrected chi connectivity index (χ3v) is 6.40. The average molecular weight is 476 g/mol. The second-order valence-corrected chi connectivity index (χ2v) is 9.97. The molecule has 10 heteroatoms. The van der Waals surface area contributed by atoms with Gasteiger partial charge in [0.2, 0.25) is 0 Å². The zero-order valence-corrected chi connectivity index (χ0v) is 20.4. The van der Waals surface area contributed by atoms with Crippen LogP contribution >= 0.6 is 0 Å². The Morgan fingerprint density at radius 2 is 1.89 bits per heavy atom. The number of tetrazole rings is 1. The molecule has 1 aliphatic rings. The number of furan rings is 1. The minimum absolute atomic E-state index is 0.135. The summed E-state index contributed by atoms with van der Waals surface area (Å²) < 4.78 is 7.06. The minimum Gasteiger partial charge on any atom is -0.459 e. The van der Waals surface area contributed by atoms with E-state index in [-0.39, 0.29) is 17.0 Å². The second-order valence-electron chi connectivity index (χ2n) is 9.97. The molecule has 0 spiro atoms. The number of amides is 1. The fourth-order valence-corrected chi connectivity index (χ4v) is 4.62. The third kappa shape index (κ3) is 4.37. The number of aromatic nitrogens is 5. The Balaban J connectivity index is 1.54. The first-order valence-electron chi connectivity index (χ1n) is 11.7. The van der Waals surface area contributed by atoms with E-state index in [1.807, 2.05) is 52.0 Å². The Hall–Kier alpha value is -3.79. The molecule has 35 heavy (non-hydrogen) atoms. The molecule has 1 amide bonds. The van der Waals surface area contributed by atoms with Gasteiger partial charge in [-0.2, -0.15) is 0 Å². The molecular weight excluding hydrogens is 446 g/mol. The Morgan fingerprint density at radius 1 is 1.11 bits per heavy atom. The largest absolute Gasteiger partial charge is 0.459 e. The molecule has 1 atom stereocenters. The van der Waals surface area contributed by atoms with Crippen LogP contribution in [-0.2, 0) is 5.54 Å². The van der Waals surface area contributed by atoms with Crippen molar-refractivity contribution >= 4 is 16.8 Å². The number of hydrogen-bond acceptors (Lipinski definition) is 7. The second kappa shape index (κ2) is 8.77. The molecule has 0 aliphatic carbocycles. The maximum atomic E-state index is 13.4. The predicted molar refractivity (Wildman–Crippen MR) is 130 cm³/mol. The van der Waals surface area contributed by atoms with Crippen molar-refractivity contribution in [3.63, 3.8) is 0 Å². The number of carbonyl (C=O) groups excluding carboxylic acids is 1. The highest BCUT2D eigenvalue weighted by Crippen LogP contribution is 2.30. The van der Waals surface area contributed by atoms with Gasteiger partial charge >= 0.3 is 0 Å². The molecule has 0 unspecified atom stereocenters. The number of benzene rings is 1. The molecule has 182 valence electrons. The number of pyridine rings is 1. The molecule has 1 N–H and O–H groups in total. The molecule has 0 bridgehead atoms. The summed E-state index contributed by atoms with van der Waals surface area (Å²) in [5.41, 5.74) is 1.89. The van der Waals surface area contributed by atoms with Gasteiger partial charge in [-0.1, -0.05) is 12.1 Å². The van der Waals surface area contributed by atoms with Crippen molar-refractivity contribution in [1.82, 2.24) is 35.0 Å². The summed E-state index contributed by atoms with van der Waals surface area (Å²) in [5, 5.41) is 13.5. The van der Waals surface area contributed by atoms with Crippen LogP contribution in [0.4, 0.5) is 0 Å². The number of fused-ring (bicyclic) bond motifs is 1. The van der Waals surface area contributed by atoms with Crippen molar-refractivity contribution in [2.24, 2.45) is 0 Å². The fraction of sp³-hybridized carbons (Fsp3) is 0.400. The van der Waals surface area contributed by atoms with E-state index < -0.39 is 6.04 Å². The summed E-state index contributed by atoms with van der Waals surface area (Å²) in [6, 6.07) is 10.8. The maximum absolute atomic E-state index is 13.4. The first-order valence-corrected chi connectivity index (χ1v) is 11.7. The smallest absolute Gasteiger partial charge is 0.289 e. The lowest BCUT2D eigenvalue weighted by atomic mass is 10.0. The Bertz CT molecular complexity index is 1410. The van der Waals surface area contributed by atoms with Crippen LogP contribution in [0.1, 0.15) is 54.3 Å². The number of aromatic amines is 1. The normalized spacial score (nSPS) is 16.1. The number of carbonyl (C=O) groups is 1. The van der Waals surface area contributed by atoms with Crippen LogP contribution in [0.15, 0.2) is 51.9 Å². The van der Waals surface area contributed by atoms with Crippen molar-refractivity contribution in [1.29, 1.82) is 0 Å². The topological polar surface area (TPSA) is 113 Å². The van der Waals surface area contributed by atoms with Gasteiger partial charge in [-0.25, -0.2) is 4.68 Å². The molecule has 0 radical (unpaired) electrons. The number of nitrogens with one attached hydrogen (secondary N) is 1. The summed E-state index contributed by atoms with van der Waals surface area (Å²) in [6.45, 7) is 10.2. The number of aryl methyl sites for hydroxylation is 1. The molecule has 1 fully saturated rings. The van der Waals surface area contributed by atoms with Crippen molar-refractivity contribution < 1.29 is 9.21 Å². The van der Waals surface area contributed by atoms with Crippen LogP contribution in [0.2, 0.25) is 0 Å². The molecule has 1 aromatic carbocycles. The first kappa shape index (κ1) is 23.0. The summed E-state index contributed by atoms with van der Waals surface area (Å²) in [7, 11) is 0. The zero-order valence-electron chi connectivity index (χ0n) is 20.4. The van der Waals surface area contributed by atoms with Crippen molar-refractivity contribution in [3.05, 3.63) is 75.7 Å². The fourth-order valence-electron chi connectivity index (χ4n) is 4.62. The van der Waals surface area contributed by atoms with Crippen LogP contribution in [-0.4, -0.2) is 67.1 Å². The highest BCUT2D eigenvalue weighted by Gasteiger charge is 2.36. The number of hydrogen-bond donors (Lipinski definition) is 1. The highest BCUT2D eigenvalue weighted by atomic mass is 16.3. The molecule has 0 saturated carbocycles. The number of nitrogens with zero attached hydrogens (tertiary/aromatic N) is 6. The molecule has 4 aromatic rings. The van der Waals surface area contributed by atoms with Gasteiger partial charge in [0.25, 0.3) is 11.5 Å². The molecule has 1 aliphatic heterocycles. The Labute approximate surface area is 202 Å². The highest BCUT2D eigenvalue weighted by molar-refractivity contribution is 5.91. The van der Waals surface area contributed by atoms with Crippen LogP contribution < -0.4 is 5.56 Å². The van der Waals surface area contributed by atoms with E-state index in [1.165, 1.54) is 6.26 Å². The van der Waals surface area contributed by atoms with Gasteiger partial charge in [-0.15, -0.1) is 5.10 Å². The van der Waals surface area contributed by atoms with Crippen LogP contribution in [0.3, 0.4) is 0 Å². The summed E-state index contributed by atoms with van der Waals surface area (Å²) in [4.78, 5) is 33.1. The molecular formula is C25H29N7O3. The maximum Gasteiger partial charge on any atom is 0.289 e. The predicted octanol–water partition coefficient (Wildman–Crippen LogP) is 2.72. The van der Waals surface area contributed by atoms with Gasteiger partial charge in [-0.3, -0.25) is 14.5 Å². The quantitative estimate of drug-likeness (QED) is 0.483. The van der Waals surface area contributed by atoms with Crippen molar-refractivity contribution in [3.8, 4) is 0 Å². The standard InChI is InChI=1S/C25H29N7O3/c1-16-7-8-17-15-18(23(33)26-19(17)14-16)21(22-27-28-29-32(22)25(2,3)4)30-9-11-31(12-10-30)24(34)20-6-5-13-35-20/h5-8,13-15,21H,9-12H2,1-4H3,(H,26,33)/t21-/m0/s1. The van der Waals surface area contributed by atoms with Crippen LogP contribution in [0.25, 0.3) is 10.9 Å². The van der Waals surface area contributed by atoms with E-state index in [0.29, 0.717) is 43.3 Å². The van der Waals surface area contributed by atoms with E-state index >= 15 is 0 Å². The Kier molecular flexibility index (Phi) is 5.76. The third-order valence-electron chi connectivity index (χ3n) is 6.40. The Morgan fingerprint density at radius 3 is 2.57 bits per heavy atom. The zero-order chi connectivity index (χ0) is 24.7. The van der Waals surface area contributed by atoms with E-state index in [0.717, 1.165) is 16.5 Å². The molecule has 3 aromatic heterocycles. The van der Waals surface area contributed by atoms with E-state index in [4.69, 9.17) is 4.42 Å². The van der Waals surface area contributed by atoms with E-state index in [2.05, 4.69) is 25.4 Å². The summed E-state index contributed by atoms with van der Waals surface area (Å²) in [6.07, 6.45) is 1.50. The average Bonchev–Trinajstić information content (AvgIpc) is 3.52. The summed E-state index contributed by atoms with van der Waals surface area (Å²) >= 11 is 0. The first-order chi connectivity index (χ1) is 16.7. The molecule has 5 rings (SSSR count). The van der Waals surface area contributed by atoms with E-state index in [9.17, 15) is 9.59 Å². The number of piperazine rings is 1. The van der Waals surface area contributed by atoms with Gasteiger partial charge in [0.05, 0.1) is 11.8 Å². The molecule has 10 nitrogen and oxygen atoms in total. The van der Waals surface area contributed by atoms with Gasteiger partial charge in [0.1, 0.15) is 6.04 Å². The van der Waals surface area contributed by atoms with Crippen molar-refractivity contribution in [2.45, 2.75) is 39.3 Å². The lowest BCUT2D eigenvalue weighted by Gasteiger charge is -2.39. The van der Waals surface area contributed by atoms with Gasteiger partial charge in [0.15, 0.2) is 11.6 Å².